The van der Waals surface area contributed by atoms with Gasteiger partial charge in [-0.3, -0.25) is 4.79 Å². The van der Waals surface area contributed by atoms with Crippen molar-refractivity contribution in [2.24, 2.45) is 17.6 Å². The van der Waals surface area contributed by atoms with Gasteiger partial charge in [0.25, 0.3) is 0 Å². The molecule has 0 aromatic heterocycles. The Bertz CT molecular complexity index is 345. The van der Waals surface area contributed by atoms with Gasteiger partial charge in [-0.1, -0.05) is 19.3 Å². The largest absolute Gasteiger partial charge is 0.368 e. The summed E-state index contributed by atoms with van der Waals surface area (Å²) in [6, 6.07) is 0.264. The summed E-state index contributed by atoms with van der Waals surface area (Å²) >= 11 is 0. The minimum Gasteiger partial charge on any atom is -0.368 e. The maximum absolute atomic E-state index is 11.8. The van der Waals surface area contributed by atoms with Crippen LogP contribution in [0.4, 0.5) is 0 Å². The Kier molecular flexibility index (Phi) is 5.08. The summed E-state index contributed by atoms with van der Waals surface area (Å²) in [6.45, 7) is 9.08. The Morgan fingerprint density at radius 2 is 1.95 bits per heavy atom. The Morgan fingerprint density at radius 3 is 2.55 bits per heavy atom. The van der Waals surface area contributed by atoms with E-state index in [9.17, 15) is 4.79 Å². The molecule has 4 heteroatoms. The van der Waals surface area contributed by atoms with E-state index < -0.39 is 5.54 Å². The molecule has 0 radical (unpaired) electrons. The van der Waals surface area contributed by atoms with Crippen LogP contribution in [0.15, 0.2) is 0 Å². The molecule has 2 rings (SSSR count). The summed E-state index contributed by atoms with van der Waals surface area (Å²) < 4.78 is 0. The van der Waals surface area contributed by atoms with Crippen molar-refractivity contribution in [3.8, 4) is 0 Å². The van der Waals surface area contributed by atoms with Gasteiger partial charge in [-0.15, -0.1) is 0 Å². The Balaban J connectivity index is 1.95. The summed E-state index contributed by atoms with van der Waals surface area (Å²) in [5.41, 5.74) is 5.02. The number of nitrogens with zero attached hydrogens (tertiary/aromatic N) is 1. The maximum atomic E-state index is 11.8. The third-order valence-electron chi connectivity index (χ3n) is 5.07. The molecule has 1 heterocycles. The standard InChI is InChI=1S/C16H31N3O/c1-12(2)18-16(3,15(17)20)11-19-9-8-13-6-4-5-7-14(13)10-19/h12-14,18H,4-11H2,1-3H3,(H2,17,20). The molecule has 1 aliphatic carbocycles. The van der Waals surface area contributed by atoms with E-state index in [-0.39, 0.29) is 11.9 Å². The van der Waals surface area contributed by atoms with Crippen LogP contribution < -0.4 is 11.1 Å². The molecule has 1 aliphatic heterocycles. The van der Waals surface area contributed by atoms with Crippen LogP contribution in [0.3, 0.4) is 0 Å². The van der Waals surface area contributed by atoms with E-state index in [1.807, 2.05) is 6.92 Å². The Morgan fingerprint density at radius 1 is 1.30 bits per heavy atom. The number of carbonyl (C=O) groups is 1. The van der Waals surface area contributed by atoms with Crippen LogP contribution in [0.5, 0.6) is 0 Å². The van der Waals surface area contributed by atoms with Crippen LogP contribution in [0.1, 0.15) is 52.9 Å². The number of primary amides is 1. The number of rotatable bonds is 5. The topological polar surface area (TPSA) is 58.4 Å². The van der Waals surface area contributed by atoms with Crippen molar-refractivity contribution in [3.05, 3.63) is 0 Å². The molecule has 0 spiro atoms. The van der Waals surface area contributed by atoms with Gasteiger partial charge in [0.2, 0.25) is 5.91 Å². The van der Waals surface area contributed by atoms with Gasteiger partial charge in [0.15, 0.2) is 0 Å². The van der Waals surface area contributed by atoms with Crippen LogP contribution in [-0.2, 0) is 4.79 Å². The fourth-order valence-corrected chi connectivity index (χ4v) is 4.10. The quantitative estimate of drug-likeness (QED) is 0.807. The second-order valence-electron chi connectivity index (χ2n) is 7.32. The summed E-state index contributed by atoms with van der Waals surface area (Å²) in [6.07, 6.45) is 6.87. The molecule has 0 bridgehead atoms. The molecule has 3 atom stereocenters. The minimum atomic E-state index is -0.615. The van der Waals surface area contributed by atoms with E-state index in [1.165, 1.54) is 32.1 Å². The van der Waals surface area contributed by atoms with Gasteiger partial charge >= 0.3 is 0 Å². The average molecular weight is 281 g/mol. The highest BCUT2D eigenvalue weighted by Crippen LogP contribution is 2.36. The molecule has 1 amide bonds. The zero-order chi connectivity index (χ0) is 14.8. The summed E-state index contributed by atoms with van der Waals surface area (Å²) in [5.74, 6) is 1.53. The molecule has 2 fully saturated rings. The van der Waals surface area contributed by atoms with Crippen molar-refractivity contribution in [1.82, 2.24) is 10.2 Å². The molecule has 1 saturated heterocycles. The number of fused-ring (bicyclic) bond motifs is 1. The van der Waals surface area contributed by atoms with Gasteiger partial charge in [-0.05, 0) is 52.0 Å². The number of hydrogen-bond donors (Lipinski definition) is 2. The van der Waals surface area contributed by atoms with Gasteiger partial charge in [-0.25, -0.2) is 0 Å². The van der Waals surface area contributed by atoms with Crippen molar-refractivity contribution in [1.29, 1.82) is 0 Å². The van der Waals surface area contributed by atoms with Crippen molar-refractivity contribution < 1.29 is 4.79 Å². The first-order valence-corrected chi connectivity index (χ1v) is 8.20. The molecular weight excluding hydrogens is 250 g/mol. The SMILES string of the molecule is CC(C)NC(C)(CN1CCC2CCCCC2C1)C(N)=O. The average Bonchev–Trinajstić information content (AvgIpc) is 2.37. The predicted octanol–water partition coefficient (Wildman–Crippen LogP) is 1.74. The van der Waals surface area contributed by atoms with E-state index in [2.05, 4.69) is 24.1 Å². The number of piperidine rings is 1. The number of amides is 1. The Labute approximate surface area is 123 Å². The lowest BCUT2D eigenvalue weighted by atomic mass is 9.75. The van der Waals surface area contributed by atoms with E-state index >= 15 is 0 Å². The fraction of sp³-hybridized carbons (Fsp3) is 0.938. The van der Waals surface area contributed by atoms with E-state index in [0.29, 0.717) is 0 Å². The number of hydrogen-bond acceptors (Lipinski definition) is 3. The zero-order valence-electron chi connectivity index (χ0n) is 13.3. The lowest BCUT2D eigenvalue weighted by Crippen LogP contribution is -2.62. The van der Waals surface area contributed by atoms with Crippen LogP contribution in [0.2, 0.25) is 0 Å². The summed E-state index contributed by atoms with van der Waals surface area (Å²) in [7, 11) is 0. The van der Waals surface area contributed by atoms with E-state index in [4.69, 9.17) is 5.73 Å². The zero-order valence-corrected chi connectivity index (χ0v) is 13.3. The van der Waals surface area contributed by atoms with Gasteiger partial charge in [0.1, 0.15) is 5.54 Å². The molecule has 3 unspecified atom stereocenters. The number of nitrogens with two attached hydrogens (primary N) is 1. The molecule has 0 aromatic rings. The fourth-order valence-electron chi connectivity index (χ4n) is 4.10. The minimum absolute atomic E-state index is 0.239. The normalized spacial score (nSPS) is 30.8. The number of likely N-dealkylation sites (tertiary alicyclic amines) is 1. The van der Waals surface area contributed by atoms with Crippen LogP contribution in [0.25, 0.3) is 0 Å². The molecule has 1 saturated carbocycles. The first-order chi connectivity index (χ1) is 9.40. The van der Waals surface area contributed by atoms with Crippen molar-refractivity contribution in [3.63, 3.8) is 0 Å². The third-order valence-corrected chi connectivity index (χ3v) is 5.07. The molecule has 0 aromatic carbocycles. The highest BCUT2D eigenvalue weighted by atomic mass is 16.1. The molecule has 20 heavy (non-hydrogen) atoms. The lowest BCUT2D eigenvalue weighted by Gasteiger charge is -2.44. The molecular formula is C16H31N3O. The van der Waals surface area contributed by atoms with E-state index in [1.54, 1.807) is 0 Å². The van der Waals surface area contributed by atoms with Gasteiger partial charge in [0, 0.05) is 19.1 Å². The third kappa shape index (κ3) is 3.73. The first-order valence-electron chi connectivity index (χ1n) is 8.20. The van der Waals surface area contributed by atoms with Gasteiger partial charge < -0.3 is 16.0 Å². The molecule has 116 valence electrons. The number of nitrogens with one attached hydrogen (secondary N) is 1. The van der Waals surface area contributed by atoms with E-state index in [0.717, 1.165) is 31.5 Å². The predicted molar refractivity (Wildman–Crippen MR) is 82.4 cm³/mol. The second-order valence-corrected chi connectivity index (χ2v) is 7.32. The first kappa shape index (κ1) is 15.8. The Hall–Kier alpha value is -0.610. The number of carbonyl (C=O) groups excluding carboxylic acids is 1. The van der Waals surface area contributed by atoms with Gasteiger partial charge in [-0.2, -0.15) is 0 Å². The van der Waals surface area contributed by atoms with Crippen molar-refractivity contribution in [2.45, 2.75) is 64.5 Å². The smallest absolute Gasteiger partial charge is 0.238 e. The second kappa shape index (κ2) is 6.44. The molecule has 2 aliphatic rings. The maximum Gasteiger partial charge on any atom is 0.238 e. The van der Waals surface area contributed by atoms with Crippen molar-refractivity contribution >= 4 is 5.91 Å². The summed E-state index contributed by atoms with van der Waals surface area (Å²) in [4.78, 5) is 14.3. The van der Waals surface area contributed by atoms with Crippen LogP contribution in [0, 0.1) is 11.8 Å². The molecule has 3 N–H and O–H groups in total. The highest BCUT2D eigenvalue weighted by Gasteiger charge is 2.37. The molecule has 4 nitrogen and oxygen atoms in total. The van der Waals surface area contributed by atoms with Gasteiger partial charge in [0.05, 0.1) is 0 Å². The van der Waals surface area contributed by atoms with Crippen LogP contribution in [-0.4, -0.2) is 42.0 Å². The van der Waals surface area contributed by atoms with Crippen molar-refractivity contribution in [2.75, 3.05) is 19.6 Å². The monoisotopic (exact) mass is 281 g/mol. The summed E-state index contributed by atoms with van der Waals surface area (Å²) in [5, 5.41) is 3.36. The van der Waals surface area contributed by atoms with Crippen LogP contribution >= 0.6 is 0 Å². The highest BCUT2D eigenvalue weighted by molar-refractivity contribution is 5.84. The lowest BCUT2D eigenvalue weighted by molar-refractivity contribution is -0.125.